The van der Waals surface area contributed by atoms with Crippen LogP contribution in [-0.2, 0) is 11.2 Å². The lowest BCUT2D eigenvalue weighted by Gasteiger charge is -2.10. The van der Waals surface area contributed by atoms with Gasteiger partial charge in [0.2, 0.25) is 5.91 Å². The number of thioether (sulfide) groups is 1. The number of carbonyl (C=O) groups is 1. The number of benzene rings is 1. The summed E-state index contributed by atoms with van der Waals surface area (Å²) in [6, 6.07) is 10.3. The Morgan fingerprint density at radius 2 is 2.11 bits per heavy atom. The van der Waals surface area contributed by atoms with Crippen LogP contribution in [0, 0.1) is 5.92 Å². The molecule has 1 aromatic rings. The molecule has 1 aromatic carbocycles. The molecule has 1 aliphatic carbocycles. The molecule has 2 rings (SSSR count). The van der Waals surface area contributed by atoms with Gasteiger partial charge in [0, 0.05) is 6.54 Å². The zero-order valence-electron chi connectivity index (χ0n) is 11.0. The minimum absolute atomic E-state index is 0.0257. The zero-order chi connectivity index (χ0) is 13.5. The van der Waals surface area contributed by atoms with E-state index < -0.39 is 0 Å². The Kier molecular flexibility index (Phi) is 5.73. The molecule has 1 fully saturated rings. The van der Waals surface area contributed by atoms with E-state index in [2.05, 4.69) is 17.4 Å². The van der Waals surface area contributed by atoms with Crippen LogP contribution >= 0.6 is 11.8 Å². The van der Waals surface area contributed by atoms with Gasteiger partial charge in [0.1, 0.15) is 0 Å². The van der Waals surface area contributed by atoms with Crippen molar-refractivity contribution in [3.8, 4) is 0 Å². The first-order valence-corrected chi connectivity index (χ1v) is 7.97. The van der Waals surface area contributed by atoms with Crippen molar-refractivity contribution in [3.63, 3.8) is 0 Å². The van der Waals surface area contributed by atoms with Crippen LogP contribution in [0.2, 0.25) is 0 Å². The van der Waals surface area contributed by atoms with E-state index in [0.29, 0.717) is 18.2 Å². The van der Waals surface area contributed by atoms with Gasteiger partial charge in [0.25, 0.3) is 0 Å². The highest BCUT2D eigenvalue weighted by atomic mass is 32.2. The van der Waals surface area contributed by atoms with Crippen LogP contribution in [0.25, 0.3) is 0 Å². The molecule has 19 heavy (non-hydrogen) atoms. The molecule has 4 heteroatoms. The van der Waals surface area contributed by atoms with E-state index in [1.165, 1.54) is 5.56 Å². The van der Waals surface area contributed by atoms with Gasteiger partial charge in [-0.1, -0.05) is 30.3 Å². The lowest BCUT2D eigenvalue weighted by atomic mass is 10.2. The van der Waals surface area contributed by atoms with Crippen LogP contribution in [-0.4, -0.2) is 35.2 Å². The Morgan fingerprint density at radius 3 is 2.79 bits per heavy atom. The van der Waals surface area contributed by atoms with Gasteiger partial charge in [-0.05, 0) is 36.5 Å². The summed E-state index contributed by atoms with van der Waals surface area (Å²) in [7, 11) is 0. The molecule has 1 saturated carbocycles. The summed E-state index contributed by atoms with van der Waals surface area (Å²) in [4.78, 5) is 11.6. The fraction of sp³-hybridized carbons (Fsp3) is 0.533. The first-order chi connectivity index (χ1) is 9.25. The maximum absolute atomic E-state index is 11.6. The number of rotatable bonds is 8. The molecular weight excluding hydrogens is 258 g/mol. The average Bonchev–Trinajstić information content (AvgIpc) is 3.27. The summed E-state index contributed by atoms with van der Waals surface area (Å²) in [6.45, 7) is 0.406. The van der Waals surface area contributed by atoms with Crippen molar-refractivity contribution < 1.29 is 9.90 Å². The molecule has 1 unspecified atom stereocenters. The molecule has 3 nitrogen and oxygen atoms in total. The number of carbonyl (C=O) groups excluding carboxylic acids is 1. The Hall–Kier alpha value is -1.00. The molecule has 0 aromatic heterocycles. The highest BCUT2D eigenvalue weighted by Gasteiger charge is 2.29. The normalized spacial score (nSPS) is 16.1. The van der Waals surface area contributed by atoms with E-state index in [1.807, 2.05) is 18.2 Å². The molecule has 1 amide bonds. The summed E-state index contributed by atoms with van der Waals surface area (Å²) in [6.07, 6.45) is 2.84. The van der Waals surface area contributed by atoms with Crippen molar-refractivity contribution in [1.82, 2.24) is 5.32 Å². The number of hydrogen-bond donors (Lipinski definition) is 2. The summed E-state index contributed by atoms with van der Waals surface area (Å²) >= 11 is 1.64. The van der Waals surface area contributed by atoms with Crippen LogP contribution in [0.3, 0.4) is 0 Å². The number of nitrogens with one attached hydrogen (secondary N) is 1. The fourth-order valence-corrected chi connectivity index (χ4v) is 2.73. The molecule has 104 valence electrons. The topological polar surface area (TPSA) is 49.3 Å². The summed E-state index contributed by atoms with van der Waals surface area (Å²) < 4.78 is 0. The van der Waals surface area contributed by atoms with Gasteiger partial charge in [0.15, 0.2) is 0 Å². The number of aliphatic hydroxyl groups excluding tert-OH is 1. The molecule has 1 aliphatic rings. The number of aliphatic hydroxyl groups is 1. The van der Waals surface area contributed by atoms with Crippen molar-refractivity contribution in [2.45, 2.75) is 25.4 Å². The average molecular weight is 279 g/mol. The predicted octanol–water partition coefficient (Wildman–Crippen LogP) is 1.85. The van der Waals surface area contributed by atoms with Crippen LogP contribution in [0.4, 0.5) is 0 Å². The van der Waals surface area contributed by atoms with Crippen LogP contribution in [0.1, 0.15) is 18.4 Å². The predicted molar refractivity (Wildman–Crippen MR) is 79.2 cm³/mol. The van der Waals surface area contributed by atoms with Crippen LogP contribution < -0.4 is 5.32 Å². The molecular formula is C15H21NO2S. The Balaban J connectivity index is 1.51. The van der Waals surface area contributed by atoms with Gasteiger partial charge >= 0.3 is 0 Å². The maximum Gasteiger partial charge on any atom is 0.230 e. The highest BCUT2D eigenvalue weighted by Crippen LogP contribution is 2.32. The maximum atomic E-state index is 11.6. The third-order valence-corrected chi connectivity index (χ3v) is 4.24. The van der Waals surface area contributed by atoms with E-state index in [0.717, 1.165) is 25.0 Å². The van der Waals surface area contributed by atoms with Crippen molar-refractivity contribution in [3.05, 3.63) is 35.9 Å². The Bertz CT molecular complexity index is 392. The van der Waals surface area contributed by atoms with Crippen molar-refractivity contribution in [2.24, 2.45) is 5.92 Å². The van der Waals surface area contributed by atoms with Crippen LogP contribution in [0.5, 0.6) is 0 Å². The quantitative estimate of drug-likeness (QED) is 0.714. The van der Waals surface area contributed by atoms with E-state index in [-0.39, 0.29) is 12.0 Å². The van der Waals surface area contributed by atoms with Gasteiger partial charge in [-0.3, -0.25) is 4.79 Å². The van der Waals surface area contributed by atoms with Crippen molar-refractivity contribution in [2.75, 3.05) is 18.1 Å². The highest BCUT2D eigenvalue weighted by molar-refractivity contribution is 7.99. The molecule has 0 bridgehead atoms. The van der Waals surface area contributed by atoms with E-state index in [4.69, 9.17) is 0 Å². The molecule has 0 spiro atoms. The fourth-order valence-electron chi connectivity index (χ4n) is 1.92. The first kappa shape index (κ1) is 14.4. The molecule has 2 N–H and O–H groups in total. The largest absolute Gasteiger partial charge is 0.391 e. The van der Waals surface area contributed by atoms with E-state index in [1.54, 1.807) is 11.8 Å². The first-order valence-electron chi connectivity index (χ1n) is 6.82. The van der Waals surface area contributed by atoms with Crippen molar-refractivity contribution >= 4 is 17.7 Å². The number of amides is 1. The summed E-state index contributed by atoms with van der Waals surface area (Å²) in [5, 5.41) is 12.4. The van der Waals surface area contributed by atoms with Gasteiger partial charge in [-0.2, -0.15) is 11.8 Å². The molecule has 0 saturated heterocycles. The lowest BCUT2D eigenvalue weighted by molar-refractivity contribution is -0.119. The third kappa shape index (κ3) is 5.66. The Labute approximate surface area is 118 Å². The molecule has 0 heterocycles. The van der Waals surface area contributed by atoms with Crippen LogP contribution in [0.15, 0.2) is 30.3 Å². The minimum atomic E-state index is -0.349. The summed E-state index contributed by atoms with van der Waals surface area (Å²) in [5.41, 5.74) is 1.31. The second-order valence-electron chi connectivity index (χ2n) is 5.00. The summed E-state index contributed by atoms with van der Waals surface area (Å²) in [5.74, 6) is 1.87. The van der Waals surface area contributed by atoms with Gasteiger partial charge in [0.05, 0.1) is 11.9 Å². The van der Waals surface area contributed by atoms with E-state index >= 15 is 0 Å². The molecule has 0 radical (unpaired) electrons. The second kappa shape index (κ2) is 7.56. The van der Waals surface area contributed by atoms with Gasteiger partial charge in [-0.25, -0.2) is 0 Å². The third-order valence-electron chi connectivity index (χ3n) is 3.29. The lowest BCUT2D eigenvalue weighted by Crippen LogP contribution is -2.34. The smallest absolute Gasteiger partial charge is 0.230 e. The van der Waals surface area contributed by atoms with Gasteiger partial charge < -0.3 is 10.4 Å². The molecule has 0 aliphatic heterocycles. The monoisotopic (exact) mass is 279 g/mol. The standard InChI is InChI=1S/C15H21NO2S/c17-14(13-6-7-13)10-16-15(18)11-19-9-8-12-4-2-1-3-5-12/h1-5,13-14,17H,6-11H2,(H,16,18). The SMILES string of the molecule is O=C(CSCCc1ccccc1)NCC(O)C1CC1. The second-order valence-corrected chi connectivity index (χ2v) is 6.10. The van der Waals surface area contributed by atoms with Crippen molar-refractivity contribution in [1.29, 1.82) is 0 Å². The van der Waals surface area contributed by atoms with E-state index in [9.17, 15) is 9.90 Å². The number of hydrogen-bond acceptors (Lipinski definition) is 3. The minimum Gasteiger partial charge on any atom is -0.391 e. The molecule has 1 atom stereocenters. The van der Waals surface area contributed by atoms with Gasteiger partial charge in [-0.15, -0.1) is 0 Å². The zero-order valence-corrected chi connectivity index (χ0v) is 11.9. The Morgan fingerprint density at radius 1 is 1.37 bits per heavy atom. The number of aryl methyl sites for hydroxylation is 1.